The summed E-state index contributed by atoms with van der Waals surface area (Å²) in [7, 11) is 0. The number of benzene rings is 2. The van der Waals surface area contributed by atoms with E-state index in [2.05, 4.69) is 15.2 Å². The third-order valence-corrected chi connectivity index (χ3v) is 6.00. The molecular weight excluding hydrogens is 370 g/mol. The van der Waals surface area contributed by atoms with Gasteiger partial charge in [-0.15, -0.1) is 0 Å². The molecule has 3 aliphatic rings. The van der Waals surface area contributed by atoms with Crippen LogP contribution in [0.5, 0.6) is 5.75 Å². The van der Waals surface area contributed by atoms with E-state index in [1.165, 1.54) is 0 Å². The molecule has 6 rings (SSSR count). The Labute approximate surface area is 167 Å². The number of carbonyl (C=O) groups excluding carboxylic acids is 1. The quantitative estimate of drug-likeness (QED) is 0.738. The second-order valence-corrected chi connectivity index (χ2v) is 8.05. The van der Waals surface area contributed by atoms with Gasteiger partial charge >= 0.3 is 0 Å². The highest BCUT2D eigenvalue weighted by atomic mass is 16.5. The first-order chi connectivity index (χ1) is 14.2. The zero-order valence-corrected chi connectivity index (χ0v) is 15.9. The van der Waals surface area contributed by atoms with Crippen LogP contribution in [0.2, 0.25) is 0 Å². The molecule has 7 heteroatoms. The molecule has 2 fully saturated rings. The Morgan fingerprint density at radius 3 is 2.93 bits per heavy atom. The van der Waals surface area contributed by atoms with E-state index in [1.54, 1.807) is 6.07 Å². The lowest BCUT2D eigenvalue weighted by Gasteiger charge is -2.46. The van der Waals surface area contributed by atoms with Crippen molar-refractivity contribution >= 4 is 28.7 Å². The molecule has 7 nitrogen and oxygen atoms in total. The minimum Gasteiger partial charge on any atom is -0.493 e. The maximum Gasteiger partial charge on any atom is 0.298 e. The predicted molar refractivity (Wildman–Crippen MR) is 108 cm³/mol. The summed E-state index contributed by atoms with van der Waals surface area (Å²) in [6.45, 7) is 3.18. The van der Waals surface area contributed by atoms with Gasteiger partial charge in [0.2, 0.25) is 0 Å². The van der Waals surface area contributed by atoms with E-state index < -0.39 is 0 Å². The summed E-state index contributed by atoms with van der Waals surface area (Å²) >= 11 is 0. The summed E-state index contributed by atoms with van der Waals surface area (Å²) < 4.78 is 17.3. The Balaban J connectivity index is 1.19. The second kappa shape index (κ2) is 6.22. The Morgan fingerprint density at radius 1 is 1.14 bits per heavy atom. The minimum atomic E-state index is -0.147. The average molecular weight is 391 g/mol. The first kappa shape index (κ1) is 16.9. The third kappa shape index (κ3) is 2.84. The van der Waals surface area contributed by atoms with Crippen molar-refractivity contribution in [2.45, 2.75) is 24.9 Å². The van der Waals surface area contributed by atoms with Crippen LogP contribution < -0.4 is 15.0 Å². The van der Waals surface area contributed by atoms with Crippen LogP contribution in [0, 0.1) is 0 Å². The Bertz CT molecular complexity index is 1110. The van der Waals surface area contributed by atoms with E-state index in [1.807, 2.05) is 30.3 Å². The zero-order chi connectivity index (χ0) is 19.4. The smallest absolute Gasteiger partial charge is 0.298 e. The Hall–Kier alpha value is -3.06. The summed E-state index contributed by atoms with van der Waals surface area (Å²) in [4.78, 5) is 19.4. The summed E-state index contributed by atoms with van der Waals surface area (Å²) in [5.74, 6) is 0.722. The van der Waals surface area contributed by atoms with Crippen molar-refractivity contribution in [3.63, 3.8) is 0 Å². The highest BCUT2D eigenvalue weighted by Gasteiger charge is 2.48. The van der Waals surface area contributed by atoms with E-state index in [0.717, 1.165) is 55.8 Å². The molecule has 148 valence electrons. The lowest BCUT2D eigenvalue weighted by Crippen LogP contribution is -2.61. The molecule has 0 radical (unpaired) electrons. The van der Waals surface area contributed by atoms with E-state index in [0.29, 0.717) is 29.5 Å². The molecule has 1 N–H and O–H groups in total. The van der Waals surface area contributed by atoms with Crippen LogP contribution in [0.3, 0.4) is 0 Å². The molecule has 3 aromatic rings. The Kier molecular flexibility index (Phi) is 3.61. The first-order valence-electron chi connectivity index (χ1n) is 10.0. The fraction of sp³-hybridized carbons (Fsp3) is 0.364. The van der Waals surface area contributed by atoms with Crippen molar-refractivity contribution in [2.24, 2.45) is 0 Å². The van der Waals surface area contributed by atoms with Gasteiger partial charge in [0, 0.05) is 24.3 Å². The fourth-order valence-electron chi connectivity index (χ4n) is 4.45. The van der Waals surface area contributed by atoms with Gasteiger partial charge in [-0.05, 0) is 54.8 Å². The van der Waals surface area contributed by atoms with Crippen LogP contribution in [-0.4, -0.2) is 42.8 Å². The second-order valence-electron chi connectivity index (χ2n) is 8.05. The van der Waals surface area contributed by atoms with Crippen LogP contribution in [0.25, 0.3) is 11.1 Å². The van der Waals surface area contributed by atoms with E-state index in [4.69, 9.17) is 13.9 Å². The number of carbonyl (C=O) groups is 1. The number of ether oxygens (including phenoxy) is 2. The van der Waals surface area contributed by atoms with Crippen LogP contribution >= 0.6 is 0 Å². The van der Waals surface area contributed by atoms with E-state index in [-0.39, 0.29) is 11.5 Å². The molecule has 1 amide bonds. The van der Waals surface area contributed by atoms with Crippen molar-refractivity contribution in [2.75, 3.05) is 36.5 Å². The van der Waals surface area contributed by atoms with Crippen LogP contribution in [-0.2, 0) is 11.2 Å². The highest BCUT2D eigenvalue weighted by molar-refractivity contribution is 6.05. The number of fused-ring (bicyclic) bond motifs is 2. The number of aromatic nitrogens is 1. The molecule has 2 aromatic carbocycles. The standard InChI is InChI=1S/C22H21N3O4/c26-20(15-2-4-18-14(10-15)6-9-27-18)23-16-3-5-19-17(11-16)24-21(29-19)25-12-22(13-25)7-1-8-28-22/h2-5,10-11H,1,6-9,12-13H2,(H,23,26). The molecule has 0 bridgehead atoms. The van der Waals surface area contributed by atoms with Crippen LogP contribution in [0.4, 0.5) is 11.7 Å². The summed E-state index contributed by atoms with van der Waals surface area (Å²) in [6, 6.07) is 11.7. The zero-order valence-electron chi connectivity index (χ0n) is 15.9. The van der Waals surface area contributed by atoms with Crippen molar-refractivity contribution in [1.82, 2.24) is 4.98 Å². The average Bonchev–Trinajstić information content (AvgIpc) is 3.43. The van der Waals surface area contributed by atoms with Crippen molar-refractivity contribution < 1.29 is 18.7 Å². The SMILES string of the molecule is O=C(Nc1ccc2oc(N3CC4(CCCO4)C3)nc2c1)c1ccc2c(c1)CCO2. The van der Waals surface area contributed by atoms with E-state index in [9.17, 15) is 4.79 Å². The number of anilines is 2. The van der Waals surface area contributed by atoms with Gasteiger partial charge in [-0.2, -0.15) is 4.98 Å². The molecule has 2 saturated heterocycles. The molecule has 0 unspecified atom stereocenters. The number of amides is 1. The normalized spacial score (nSPS) is 19.2. The van der Waals surface area contributed by atoms with Crippen molar-refractivity contribution in [3.05, 3.63) is 47.5 Å². The molecule has 0 aliphatic carbocycles. The predicted octanol–water partition coefficient (Wildman–Crippen LogP) is 3.38. The third-order valence-electron chi connectivity index (χ3n) is 6.00. The maximum absolute atomic E-state index is 12.6. The molecule has 1 aromatic heterocycles. The lowest BCUT2D eigenvalue weighted by molar-refractivity contribution is -0.0201. The fourth-order valence-corrected chi connectivity index (χ4v) is 4.45. The number of oxazole rings is 1. The number of nitrogens with one attached hydrogen (secondary N) is 1. The van der Waals surface area contributed by atoms with Gasteiger partial charge in [0.25, 0.3) is 11.9 Å². The van der Waals surface area contributed by atoms with Crippen molar-refractivity contribution in [1.29, 1.82) is 0 Å². The topological polar surface area (TPSA) is 76.8 Å². The highest BCUT2D eigenvalue weighted by Crippen LogP contribution is 2.38. The summed E-state index contributed by atoms with van der Waals surface area (Å²) in [6.07, 6.45) is 3.07. The Morgan fingerprint density at radius 2 is 2.07 bits per heavy atom. The summed E-state index contributed by atoms with van der Waals surface area (Å²) in [5, 5.41) is 2.95. The van der Waals surface area contributed by atoms with Gasteiger partial charge in [0.1, 0.15) is 16.9 Å². The lowest BCUT2D eigenvalue weighted by atomic mass is 9.91. The minimum absolute atomic E-state index is 0.000684. The molecule has 29 heavy (non-hydrogen) atoms. The molecule has 1 spiro atoms. The number of hydrogen-bond acceptors (Lipinski definition) is 6. The number of rotatable bonds is 3. The van der Waals surface area contributed by atoms with Gasteiger partial charge < -0.3 is 24.1 Å². The van der Waals surface area contributed by atoms with Crippen molar-refractivity contribution in [3.8, 4) is 5.75 Å². The monoisotopic (exact) mass is 391 g/mol. The first-order valence-corrected chi connectivity index (χ1v) is 10.0. The van der Waals surface area contributed by atoms with Gasteiger partial charge in [0.05, 0.1) is 19.7 Å². The van der Waals surface area contributed by atoms with Gasteiger partial charge in [-0.3, -0.25) is 4.79 Å². The molecule has 0 atom stereocenters. The van der Waals surface area contributed by atoms with Gasteiger partial charge in [-0.25, -0.2) is 0 Å². The molecule has 4 heterocycles. The van der Waals surface area contributed by atoms with E-state index >= 15 is 0 Å². The molecular formula is C22H21N3O4. The van der Waals surface area contributed by atoms with Gasteiger partial charge in [0.15, 0.2) is 5.58 Å². The number of hydrogen-bond donors (Lipinski definition) is 1. The van der Waals surface area contributed by atoms with Gasteiger partial charge in [-0.1, -0.05) is 0 Å². The number of nitrogens with zero attached hydrogens (tertiary/aromatic N) is 2. The molecule has 3 aliphatic heterocycles. The summed E-state index contributed by atoms with van der Waals surface area (Å²) in [5.41, 5.74) is 3.83. The van der Waals surface area contributed by atoms with Crippen LogP contribution in [0.15, 0.2) is 40.8 Å². The largest absolute Gasteiger partial charge is 0.493 e. The van der Waals surface area contributed by atoms with Crippen LogP contribution in [0.1, 0.15) is 28.8 Å². The maximum atomic E-state index is 12.6. The molecule has 0 saturated carbocycles.